The van der Waals surface area contributed by atoms with E-state index < -0.39 is 17.3 Å². The molecule has 106 valence electrons. The van der Waals surface area contributed by atoms with Crippen molar-refractivity contribution in [2.75, 3.05) is 0 Å². The molecule has 1 heterocycles. The molecule has 1 aliphatic heterocycles. The van der Waals surface area contributed by atoms with Crippen molar-refractivity contribution in [1.82, 2.24) is 5.32 Å². The molecular weight excluding hydrogens is 274 g/mol. The van der Waals surface area contributed by atoms with Crippen LogP contribution in [0.25, 0.3) is 0 Å². The highest BCUT2D eigenvalue weighted by Crippen LogP contribution is 2.29. The minimum absolute atomic E-state index is 0.253. The second-order valence-corrected chi connectivity index (χ2v) is 5.01. The third-order valence-corrected chi connectivity index (χ3v) is 3.38. The lowest BCUT2D eigenvalue weighted by molar-refractivity contribution is -0.115. The summed E-state index contributed by atoms with van der Waals surface area (Å²) in [6.07, 6.45) is 0. The summed E-state index contributed by atoms with van der Waals surface area (Å²) < 4.78 is 26.7. The van der Waals surface area contributed by atoms with E-state index in [1.807, 2.05) is 6.07 Å². The quantitative estimate of drug-likeness (QED) is 0.906. The van der Waals surface area contributed by atoms with Gasteiger partial charge in [-0.15, -0.1) is 0 Å². The molecule has 0 aliphatic carbocycles. The Labute approximate surface area is 120 Å². The number of nitrogens with zero attached hydrogens (tertiary/aromatic N) is 1. The molecule has 0 aromatic heterocycles. The lowest BCUT2D eigenvalue weighted by Gasteiger charge is -2.21. The molecule has 2 aromatic carbocycles. The first kappa shape index (κ1) is 13.4. The van der Waals surface area contributed by atoms with Crippen LogP contribution in [0.2, 0.25) is 0 Å². The van der Waals surface area contributed by atoms with Crippen molar-refractivity contribution in [3.63, 3.8) is 0 Å². The number of carbonyl (C=O) groups excluding carboxylic acids is 1. The lowest BCUT2D eigenvalue weighted by Crippen LogP contribution is -2.37. The Balaban J connectivity index is 2.07. The fourth-order valence-corrected chi connectivity index (χ4v) is 2.35. The van der Waals surface area contributed by atoms with Crippen molar-refractivity contribution in [2.45, 2.75) is 12.6 Å². The standard InChI is InChI=1S/C16H12F2N2O/c1-16(11-7-12(17)9-13(18)8-11)19-14(15(21)20-16)10-5-3-2-4-6-10/h2-9H,1H3,(H,20,21)/t16-/m1/s1. The molecule has 3 rings (SSSR count). The predicted molar refractivity (Wildman–Crippen MR) is 74.8 cm³/mol. The van der Waals surface area contributed by atoms with Crippen LogP contribution in [-0.4, -0.2) is 11.6 Å². The first-order valence-electron chi connectivity index (χ1n) is 6.42. The van der Waals surface area contributed by atoms with Gasteiger partial charge in [0, 0.05) is 17.2 Å². The van der Waals surface area contributed by atoms with Crippen molar-refractivity contribution in [2.24, 2.45) is 4.99 Å². The van der Waals surface area contributed by atoms with E-state index in [-0.39, 0.29) is 17.2 Å². The fourth-order valence-electron chi connectivity index (χ4n) is 2.35. The van der Waals surface area contributed by atoms with Gasteiger partial charge in [0.25, 0.3) is 5.91 Å². The number of halogens is 2. The number of carbonyl (C=O) groups is 1. The average molecular weight is 286 g/mol. The summed E-state index contributed by atoms with van der Waals surface area (Å²) in [5.41, 5.74) is 0.00298. The van der Waals surface area contributed by atoms with Gasteiger partial charge in [-0.1, -0.05) is 30.3 Å². The van der Waals surface area contributed by atoms with E-state index in [9.17, 15) is 13.6 Å². The van der Waals surface area contributed by atoms with E-state index in [0.29, 0.717) is 5.56 Å². The summed E-state index contributed by atoms with van der Waals surface area (Å²) in [6, 6.07) is 12.1. The lowest BCUT2D eigenvalue weighted by atomic mass is 10.0. The molecule has 2 aromatic rings. The number of hydrogen-bond donors (Lipinski definition) is 1. The minimum atomic E-state index is -1.18. The highest BCUT2D eigenvalue weighted by molar-refractivity contribution is 6.46. The molecule has 0 bridgehead atoms. The van der Waals surface area contributed by atoms with Gasteiger partial charge < -0.3 is 5.32 Å². The van der Waals surface area contributed by atoms with Crippen molar-refractivity contribution >= 4 is 11.6 Å². The van der Waals surface area contributed by atoms with E-state index in [1.54, 1.807) is 31.2 Å². The van der Waals surface area contributed by atoms with Crippen LogP contribution in [0.5, 0.6) is 0 Å². The molecule has 0 fully saturated rings. The maximum atomic E-state index is 13.4. The van der Waals surface area contributed by atoms with Gasteiger partial charge in [-0.05, 0) is 19.1 Å². The summed E-state index contributed by atoms with van der Waals surface area (Å²) in [7, 11) is 0. The largest absolute Gasteiger partial charge is 0.323 e. The van der Waals surface area contributed by atoms with Crippen LogP contribution in [0.1, 0.15) is 18.1 Å². The van der Waals surface area contributed by atoms with Gasteiger partial charge in [-0.3, -0.25) is 4.79 Å². The monoisotopic (exact) mass is 286 g/mol. The maximum absolute atomic E-state index is 13.4. The van der Waals surface area contributed by atoms with E-state index in [2.05, 4.69) is 10.3 Å². The van der Waals surface area contributed by atoms with E-state index >= 15 is 0 Å². The second kappa shape index (κ2) is 4.77. The first-order valence-corrected chi connectivity index (χ1v) is 6.42. The smallest absolute Gasteiger partial charge is 0.272 e. The maximum Gasteiger partial charge on any atom is 0.272 e. The summed E-state index contributed by atoms with van der Waals surface area (Å²) in [4.78, 5) is 16.5. The number of aliphatic imine (C=N–C) groups is 1. The molecule has 0 unspecified atom stereocenters. The zero-order valence-corrected chi connectivity index (χ0v) is 11.2. The predicted octanol–water partition coefficient (Wildman–Crippen LogP) is 2.76. The summed E-state index contributed by atoms with van der Waals surface area (Å²) in [5, 5.41) is 2.67. The highest BCUT2D eigenvalue weighted by Gasteiger charge is 2.37. The Morgan fingerprint density at radius 2 is 1.67 bits per heavy atom. The Bertz CT molecular complexity index is 723. The van der Waals surface area contributed by atoms with Gasteiger partial charge in [0.1, 0.15) is 17.3 Å². The van der Waals surface area contributed by atoms with Crippen LogP contribution < -0.4 is 5.32 Å². The SMILES string of the molecule is C[C@@]1(c2cc(F)cc(F)c2)N=C(c2ccccc2)C(=O)N1. The molecule has 1 amide bonds. The summed E-state index contributed by atoms with van der Waals surface area (Å²) in [5.74, 6) is -1.78. The molecule has 0 saturated heterocycles. The molecule has 1 atom stereocenters. The number of amides is 1. The second-order valence-electron chi connectivity index (χ2n) is 5.01. The number of nitrogens with one attached hydrogen (secondary N) is 1. The normalized spacial score (nSPS) is 21.1. The third-order valence-electron chi connectivity index (χ3n) is 3.38. The van der Waals surface area contributed by atoms with Crippen molar-refractivity contribution in [1.29, 1.82) is 0 Å². The summed E-state index contributed by atoms with van der Waals surface area (Å²) in [6.45, 7) is 1.61. The zero-order valence-electron chi connectivity index (χ0n) is 11.2. The molecule has 1 aliphatic rings. The molecular formula is C16H12F2N2O. The van der Waals surface area contributed by atoms with E-state index in [4.69, 9.17) is 0 Å². The van der Waals surface area contributed by atoms with Crippen LogP contribution in [0.15, 0.2) is 53.5 Å². The molecule has 0 spiro atoms. The van der Waals surface area contributed by atoms with Crippen LogP contribution in [0.4, 0.5) is 8.78 Å². The van der Waals surface area contributed by atoms with Crippen molar-refractivity contribution < 1.29 is 13.6 Å². The van der Waals surface area contributed by atoms with Crippen LogP contribution in [0, 0.1) is 11.6 Å². The van der Waals surface area contributed by atoms with E-state index in [0.717, 1.165) is 6.07 Å². The van der Waals surface area contributed by atoms with Gasteiger partial charge in [-0.2, -0.15) is 0 Å². The molecule has 0 radical (unpaired) electrons. The van der Waals surface area contributed by atoms with Crippen LogP contribution in [0.3, 0.4) is 0 Å². The first-order chi connectivity index (χ1) is 9.98. The number of rotatable bonds is 2. The fraction of sp³-hybridized carbons (Fsp3) is 0.125. The molecule has 5 heteroatoms. The van der Waals surface area contributed by atoms with Gasteiger partial charge in [0.15, 0.2) is 5.66 Å². The third kappa shape index (κ3) is 2.42. The van der Waals surface area contributed by atoms with Gasteiger partial charge in [-0.25, -0.2) is 13.8 Å². The van der Waals surface area contributed by atoms with Crippen molar-refractivity contribution in [3.05, 3.63) is 71.3 Å². The average Bonchev–Trinajstić information content (AvgIpc) is 2.75. The Morgan fingerprint density at radius 3 is 2.29 bits per heavy atom. The Hall–Kier alpha value is -2.56. The highest BCUT2D eigenvalue weighted by atomic mass is 19.1. The van der Waals surface area contributed by atoms with Crippen LogP contribution >= 0.6 is 0 Å². The number of benzene rings is 2. The van der Waals surface area contributed by atoms with E-state index in [1.165, 1.54) is 12.1 Å². The van der Waals surface area contributed by atoms with Gasteiger partial charge >= 0.3 is 0 Å². The minimum Gasteiger partial charge on any atom is -0.323 e. The van der Waals surface area contributed by atoms with Gasteiger partial charge in [0.05, 0.1) is 0 Å². The summed E-state index contributed by atoms with van der Waals surface area (Å²) >= 11 is 0. The Kier molecular flexibility index (Phi) is 3.05. The number of hydrogen-bond acceptors (Lipinski definition) is 2. The molecule has 1 N–H and O–H groups in total. The zero-order chi connectivity index (χ0) is 15.0. The topological polar surface area (TPSA) is 41.5 Å². The molecule has 21 heavy (non-hydrogen) atoms. The molecule has 0 saturated carbocycles. The Morgan fingerprint density at radius 1 is 1.05 bits per heavy atom. The van der Waals surface area contributed by atoms with Crippen LogP contribution in [-0.2, 0) is 10.5 Å². The van der Waals surface area contributed by atoms with Gasteiger partial charge in [0.2, 0.25) is 0 Å². The molecule has 3 nitrogen and oxygen atoms in total. The van der Waals surface area contributed by atoms with Crippen molar-refractivity contribution in [3.8, 4) is 0 Å².